The lowest BCUT2D eigenvalue weighted by Gasteiger charge is -2.27. The predicted octanol–water partition coefficient (Wildman–Crippen LogP) is 5.65. The minimum atomic E-state index is -0.875. The molecule has 7 heteroatoms. The molecule has 0 aromatic heterocycles. The average Bonchev–Trinajstić information content (AvgIpc) is 3.19. The highest BCUT2D eigenvalue weighted by Gasteiger charge is 2.47. The number of hydrogen-bond acceptors (Lipinski definition) is 6. The number of ketones is 1. The zero-order valence-electron chi connectivity index (χ0n) is 21.3. The third-order valence-corrected chi connectivity index (χ3v) is 6.49. The van der Waals surface area contributed by atoms with Crippen molar-refractivity contribution in [3.63, 3.8) is 0 Å². The van der Waals surface area contributed by atoms with Crippen LogP contribution < -0.4 is 14.5 Å². The van der Waals surface area contributed by atoms with Gasteiger partial charge in [0.15, 0.2) is 0 Å². The number of benzene rings is 3. The number of nitrogens with zero attached hydrogens (tertiary/aromatic N) is 2. The van der Waals surface area contributed by atoms with Gasteiger partial charge in [-0.2, -0.15) is 0 Å². The summed E-state index contributed by atoms with van der Waals surface area (Å²) in [6, 6.07) is 19.7. The highest BCUT2D eigenvalue weighted by molar-refractivity contribution is 6.51. The van der Waals surface area contributed by atoms with E-state index < -0.39 is 17.7 Å². The van der Waals surface area contributed by atoms with Gasteiger partial charge < -0.3 is 19.8 Å². The molecule has 0 radical (unpaired) electrons. The lowest BCUT2D eigenvalue weighted by Crippen LogP contribution is -2.29. The molecule has 1 amide bonds. The number of Topliss-reactive ketones (excluding diaryl/α,β-unsaturated/α-hetero) is 1. The topological polar surface area (TPSA) is 90.3 Å². The zero-order chi connectivity index (χ0) is 26.5. The minimum absolute atomic E-state index is 0.0175. The van der Waals surface area contributed by atoms with Crippen molar-refractivity contribution >= 4 is 28.8 Å². The summed E-state index contributed by atoms with van der Waals surface area (Å²) in [4.78, 5) is 30.4. The summed E-state index contributed by atoms with van der Waals surface area (Å²) >= 11 is 0. The lowest BCUT2D eigenvalue weighted by molar-refractivity contribution is -0.132. The number of rotatable bonds is 9. The molecule has 0 aliphatic carbocycles. The molecule has 3 aromatic rings. The monoisotopic (exact) mass is 500 g/mol. The van der Waals surface area contributed by atoms with Gasteiger partial charge in [0.25, 0.3) is 11.7 Å². The second-order valence-corrected chi connectivity index (χ2v) is 8.83. The largest absolute Gasteiger partial charge is 0.508 e. The van der Waals surface area contributed by atoms with Crippen molar-refractivity contribution in [2.75, 3.05) is 29.5 Å². The number of anilines is 2. The predicted molar refractivity (Wildman–Crippen MR) is 145 cm³/mol. The van der Waals surface area contributed by atoms with E-state index in [0.717, 1.165) is 25.2 Å². The van der Waals surface area contributed by atoms with Crippen LogP contribution >= 0.6 is 0 Å². The van der Waals surface area contributed by atoms with E-state index >= 15 is 0 Å². The fourth-order valence-electron chi connectivity index (χ4n) is 4.59. The van der Waals surface area contributed by atoms with Gasteiger partial charge in [0, 0.05) is 30.0 Å². The molecule has 2 N–H and O–H groups in total. The number of carbonyl (C=O) groups is 2. The Kier molecular flexibility index (Phi) is 7.82. The van der Waals surface area contributed by atoms with Crippen LogP contribution in [0.4, 0.5) is 11.4 Å². The SMILES string of the molecule is CCCOc1cccc(/C(O)=C2\C(=O)C(=O)N(c3ccc(N(CC)CC)cc3)C2c2ccc(O)cc2)c1. The van der Waals surface area contributed by atoms with E-state index in [1.165, 1.54) is 17.0 Å². The van der Waals surface area contributed by atoms with Crippen LogP contribution in [0.3, 0.4) is 0 Å². The third kappa shape index (κ3) is 5.16. The summed E-state index contributed by atoms with van der Waals surface area (Å²) in [5, 5.41) is 21.2. The Labute approximate surface area is 217 Å². The first-order valence-electron chi connectivity index (χ1n) is 12.6. The number of aromatic hydroxyl groups is 1. The Morgan fingerprint density at radius 1 is 0.946 bits per heavy atom. The van der Waals surface area contributed by atoms with Crippen molar-refractivity contribution in [3.8, 4) is 11.5 Å². The Morgan fingerprint density at radius 3 is 2.24 bits per heavy atom. The molecule has 0 bridgehead atoms. The molecule has 0 saturated carbocycles. The van der Waals surface area contributed by atoms with Gasteiger partial charge in [-0.15, -0.1) is 0 Å². The van der Waals surface area contributed by atoms with E-state index in [1.807, 2.05) is 31.2 Å². The minimum Gasteiger partial charge on any atom is -0.508 e. The molecule has 1 fully saturated rings. The Bertz CT molecular complexity index is 1290. The van der Waals surface area contributed by atoms with Crippen molar-refractivity contribution in [1.29, 1.82) is 0 Å². The van der Waals surface area contributed by atoms with E-state index in [1.54, 1.807) is 36.4 Å². The quantitative estimate of drug-likeness (QED) is 0.224. The van der Waals surface area contributed by atoms with Crippen LogP contribution in [0.25, 0.3) is 5.76 Å². The van der Waals surface area contributed by atoms with E-state index in [2.05, 4.69) is 18.7 Å². The summed E-state index contributed by atoms with van der Waals surface area (Å²) < 4.78 is 5.69. The van der Waals surface area contributed by atoms with Crippen molar-refractivity contribution < 1.29 is 24.5 Å². The molecule has 1 aliphatic rings. The van der Waals surface area contributed by atoms with E-state index in [4.69, 9.17) is 4.74 Å². The van der Waals surface area contributed by atoms with Crippen molar-refractivity contribution in [2.45, 2.75) is 33.2 Å². The summed E-state index contributed by atoms with van der Waals surface area (Å²) in [7, 11) is 0. The van der Waals surface area contributed by atoms with E-state index in [-0.39, 0.29) is 17.1 Å². The fraction of sp³-hybridized carbons (Fsp3) is 0.267. The number of phenolic OH excluding ortho intramolecular Hbond substituents is 1. The van der Waals surface area contributed by atoms with Gasteiger partial charge in [-0.25, -0.2) is 0 Å². The van der Waals surface area contributed by atoms with Crippen LogP contribution in [-0.2, 0) is 9.59 Å². The molecular weight excluding hydrogens is 468 g/mol. The number of carbonyl (C=O) groups excluding carboxylic acids is 2. The van der Waals surface area contributed by atoms with Crippen LogP contribution in [0, 0.1) is 0 Å². The fourth-order valence-corrected chi connectivity index (χ4v) is 4.59. The van der Waals surface area contributed by atoms with Crippen molar-refractivity contribution in [2.24, 2.45) is 0 Å². The molecule has 0 spiro atoms. The van der Waals surface area contributed by atoms with E-state index in [9.17, 15) is 19.8 Å². The molecule has 1 heterocycles. The van der Waals surface area contributed by atoms with Crippen LogP contribution in [0.5, 0.6) is 11.5 Å². The first-order valence-corrected chi connectivity index (χ1v) is 12.6. The molecule has 4 rings (SSSR count). The highest BCUT2D eigenvalue weighted by atomic mass is 16.5. The molecular formula is C30H32N2O5. The molecule has 37 heavy (non-hydrogen) atoms. The molecule has 192 valence electrons. The Hall–Kier alpha value is -4.26. The summed E-state index contributed by atoms with van der Waals surface area (Å²) in [6.07, 6.45) is 0.829. The maximum Gasteiger partial charge on any atom is 0.300 e. The molecule has 1 atom stereocenters. The molecule has 1 saturated heterocycles. The summed E-state index contributed by atoms with van der Waals surface area (Å²) in [5.41, 5.74) is 2.50. The van der Waals surface area contributed by atoms with Crippen LogP contribution in [0.2, 0.25) is 0 Å². The highest BCUT2D eigenvalue weighted by Crippen LogP contribution is 2.43. The standard InChI is InChI=1S/C30H32N2O5/c1-4-18-37-25-9-7-8-21(19-25)28(34)26-27(20-10-16-24(33)17-11-20)32(30(36)29(26)35)23-14-12-22(13-15-23)31(5-2)6-3/h7-17,19,27,33-34H,4-6,18H2,1-3H3/b28-26+. The van der Waals surface area contributed by atoms with Gasteiger partial charge in [-0.3, -0.25) is 14.5 Å². The van der Waals surface area contributed by atoms with Crippen LogP contribution in [0.1, 0.15) is 44.4 Å². The lowest BCUT2D eigenvalue weighted by atomic mass is 9.95. The number of aliphatic hydroxyl groups excluding tert-OH is 1. The first-order chi connectivity index (χ1) is 17.9. The summed E-state index contributed by atoms with van der Waals surface area (Å²) in [6.45, 7) is 8.35. The maximum absolute atomic E-state index is 13.4. The second-order valence-electron chi connectivity index (χ2n) is 8.83. The van der Waals surface area contributed by atoms with Gasteiger partial charge in [-0.05, 0) is 74.4 Å². The van der Waals surface area contributed by atoms with Gasteiger partial charge in [0.2, 0.25) is 0 Å². The summed E-state index contributed by atoms with van der Waals surface area (Å²) in [5.74, 6) is -1.16. The molecule has 1 unspecified atom stereocenters. The molecule has 3 aromatic carbocycles. The Balaban J connectivity index is 1.84. The smallest absolute Gasteiger partial charge is 0.300 e. The number of amides is 1. The Morgan fingerprint density at radius 2 is 1.62 bits per heavy atom. The van der Waals surface area contributed by atoms with Crippen LogP contribution in [0.15, 0.2) is 78.4 Å². The second kappa shape index (κ2) is 11.2. The van der Waals surface area contributed by atoms with Crippen molar-refractivity contribution in [1.82, 2.24) is 0 Å². The number of hydrogen-bond donors (Lipinski definition) is 2. The van der Waals surface area contributed by atoms with Gasteiger partial charge in [0.1, 0.15) is 17.3 Å². The molecule has 1 aliphatic heterocycles. The van der Waals surface area contributed by atoms with Gasteiger partial charge in [0.05, 0.1) is 18.2 Å². The first kappa shape index (κ1) is 25.8. The average molecular weight is 501 g/mol. The maximum atomic E-state index is 13.4. The third-order valence-electron chi connectivity index (χ3n) is 6.49. The molecule has 7 nitrogen and oxygen atoms in total. The van der Waals surface area contributed by atoms with Crippen molar-refractivity contribution in [3.05, 3.63) is 89.5 Å². The normalized spacial score (nSPS) is 16.7. The number of phenols is 1. The number of ether oxygens (including phenoxy) is 1. The van der Waals surface area contributed by atoms with Gasteiger partial charge in [-0.1, -0.05) is 31.2 Å². The zero-order valence-corrected chi connectivity index (χ0v) is 21.3. The van der Waals surface area contributed by atoms with E-state index in [0.29, 0.717) is 29.2 Å². The van der Waals surface area contributed by atoms with Crippen LogP contribution in [-0.4, -0.2) is 41.6 Å². The number of aliphatic hydroxyl groups is 1. The van der Waals surface area contributed by atoms with Gasteiger partial charge >= 0.3 is 0 Å².